The van der Waals surface area contributed by atoms with Crippen LogP contribution in [0.3, 0.4) is 0 Å². The first-order valence-electron chi connectivity index (χ1n) is 5.07. The Morgan fingerprint density at radius 1 is 1.28 bits per heavy atom. The average Bonchev–Trinajstić information content (AvgIpc) is 2.69. The number of sulfonamides is 1. The zero-order valence-electron chi connectivity index (χ0n) is 9.65. The van der Waals surface area contributed by atoms with Gasteiger partial charge in [0.15, 0.2) is 5.82 Å². The summed E-state index contributed by atoms with van der Waals surface area (Å²) in [6, 6.07) is 9.12. The Bertz CT molecular complexity index is 636. The van der Waals surface area contributed by atoms with Crippen molar-refractivity contribution >= 4 is 10.0 Å². The number of nitrogens with zero attached hydrogens (tertiary/aromatic N) is 3. The number of primary sulfonamides is 1. The van der Waals surface area contributed by atoms with Crippen molar-refractivity contribution in [3.63, 3.8) is 0 Å². The summed E-state index contributed by atoms with van der Waals surface area (Å²) in [5, 5.41) is 11.9. The molecule has 7 nitrogen and oxygen atoms in total. The van der Waals surface area contributed by atoms with Gasteiger partial charge in [-0.05, 0) is 12.1 Å². The molecule has 0 amide bonds. The van der Waals surface area contributed by atoms with Gasteiger partial charge >= 0.3 is 0 Å². The van der Waals surface area contributed by atoms with Crippen molar-refractivity contribution in [2.45, 2.75) is 11.8 Å². The van der Waals surface area contributed by atoms with E-state index in [1.807, 2.05) is 18.2 Å². The van der Waals surface area contributed by atoms with E-state index in [1.54, 1.807) is 12.1 Å². The van der Waals surface area contributed by atoms with Gasteiger partial charge in [-0.2, -0.15) is 0 Å². The molecule has 0 bridgehead atoms. The second-order valence-electron chi connectivity index (χ2n) is 3.60. The summed E-state index contributed by atoms with van der Waals surface area (Å²) in [4.78, 5) is 0. The third kappa shape index (κ3) is 2.66. The van der Waals surface area contributed by atoms with E-state index in [0.717, 1.165) is 0 Å². The van der Waals surface area contributed by atoms with Gasteiger partial charge in [-0.1, -0.05) is 18.2 Å². The van der Waals surface area contributed by atoms with Gasteiger partial charge in [0.2, 0.25) is 0 Å². The van der Waals surface area contributed by atoms with E-state index in [9.17, 15) is 8.42 Å². The number of benzene rings is 1. The van der Waals surface area contributed by atoms with Gasteiger partial charge in [0, 0.05) is 7.05 Å². The van der Waals surface area contributed by atoms with Crippen molar-refractivity contribution in [3.05, 3.63) is 36.2 Å². The first-order chi connectivity index (χ1) is 8.48. The van der Waals surface area contributed by atoms with Crippen molar-refractivity contribution in [2.75, 3.05) is 0 Å². The zero-order valence-corrected chi connectivity index (χ0v) is 10.5. The Kier molecular flexibility index (Phi) is 3.30. The molecular formula is C10H12N4O3S. The fourth-order valence-electron chi connectivity index (χ4n) is 1.38. The van der Waals surface area contributed by atoms with E-state index < -0.39 is 10.0 Å². The molecule has 0 saturated carbocycles. The Balaban J connectivity index is 2.14. The molecular weight excluding hydrogens is 256 g/mol. The maximum atomic E-state index is 11.2. The van der Waals surface area contributed by atoms with E-state index in [4.69, 9.17) is 9.88 Å². The van der Waals surface area contributed by atoms with Crippen LogP contribution >= 0.6 is 0 Å². The Hall–Kier alpha value is -1.93. The van der Waals surface area contributed by atoms with E-state index >= 15 is 0 Å². The minimum Gasteiger partial charge on any atom is -0.486 e. The molecule has 18 heavy (non-hydrogen) atoms. The molecule has 2 aromatic rings. The topological polar surface area (TPSA) is 100 Å². The van der Waals surface area contributed by atoms with Gasteiger partial charge in [-0.3, -0.25) is 0 Å². The molecule has 0 atom stereocenters. The number of hydrogen-bond acceptors (Lipinski definition) is 5. The summed E-state index contributed by atoms with van der Waals surface area (Å²) in [6.45, 7) is 0.114. The van der Waals surface area contributed by atoms with Crippen molar-refractivity contribution in [1.29, 1.82) is 0 Å². The third-order valence-corrected chi connectivity index (χ3v) is 3.16. The third-order valence-electron chi connectivity index (χ3n) is 2.29. The highest BCUT2D eigenvalue weighted by molar-refractivity contribution is 7.89. The smallest absolute Gasteiger partial charge is 0.273 e. The van der Waals surface area contributed by atoms with Crippen molar-refractivity contribution in [1.82, 2.24) is 14.8 Å². The lowest BCUT2D eigenvalue weighted by Crippen LogP contribution is -2.18. The molecule has 0 aliphatic carbocycles. The first kappa shape index (κ1) is 12.5. The lowest BCUT2D eigenvalue weighted by atomic mass is 10.3. The van der Waals surface area contributed by atoms with Gasteiger partial charge in [-0.25, -0.2) is 13.6 Å². The van der Waals surface area contributed by atoms with Crippen LogP contribution in [-0.4, -0.2) is 23.2 Å². The number of para-hydroxylation sites is 1. The van der Waals surface area contributed by atoms with E-state index in [0.29, 0.717) is 11.6 Å². The van der Waals surface area contributed by atoms with Gasteiger partial charge in [0.05, 0.1) is 0 Å². The maximum absolute atomic E-state index is 11.2. The fraction of sp³-hybridized carbons (Fsp3) is 0.200. The SMILES string of the molecule is Cn1c(COc2ccccc2)nnc1S(N)(=O)=O. The van der Waals surface area contributed by atoms with Crippen LogP contribution in [0.4, 0.5) is 0 Å². The molecule has 0 aliphatic heterocycles. The molecule has 8 heteroatoms. The van der Waals surface area contributed by atoms with E-state index in [2.05, 4.69) is 10.2 Å². The molecule has 0 radical (unpaired) electrons. The fourth-order valence-corrected chi connectivity index (χ4v) is 2.02. The Morgan fingerprint density at radius 3 is 2.50 bits per heavy atom. The van der Waals surface area contributed by atoms with Crippen LogP contribution < -0.4 is 9.88 Å². The van der Waals surface area contributed by atoms with Gasteiger partial charge in [0.25, 0.3) is 15.2 Å². The molecule has 0 aliphatic rings. The summed E-state index contributed by atoms with van der Waals surface area (Å²) in [7, 11) is -2.34. The number of rotatable bonds is 4. The highest BCUT2D eigenvalue weighted by Gasteiger charge is 2.18. The van der Waals surface area contributed by atoms with Crippen LogP contribution in [0, 0.1) is 0 Å². The van der Waals surface area contributed by atoms with E-state index in [1.165, 1.54) is 11.6 Å². The maximum Gasteiger partial charge on any atom is 0.273 e. The average molecular weight is 268 g/mol. The normalized spacial score (nSPS) is 11.4. The molecule has 0 saturated heterocycles. The first-order valence-corrected chi connectivity index (χ1v) is 6.62. The summed E-state index contributed by atoms with van der Waals surface area (Å²) < 4.78 is 29.0. The predicted octanol–water partition coefficient (Wildman–Crippen LogP) is 0.0415. The lowest BCUT2D eigenvalue weighted by molar-refractivity contribution is 0.290. The Morgan fingerprint density at radius 2 is 1.94 bits per heavy atom. The molecule has 1 heterocycles. The monoisotopic (exact) mass is 268 g/mol. The number of ether oxygens (including phenoxy) is 1. The van der Waals surface area contributed by atoms with E-state index in [-0.39, 0.29) is 11.8 Å². The van der Waals surface area contributed by atoms with Crippen LogP contribution in [0.2, 0.25) is 0 Å². The molecule has 96 valence electrons. The Labute approximate surface area is 104 Å². The van der Waals surface area contributed by atoms with Crippen molar-refractivity contribution < 1.29 is 13.2 Å². The molecule has 0 fully saturated rings. The largest absolute Gasteiger partial charge is 0.486 e. The summed E-state index contributed by atoms with van der Waals surface area (Å²) in [5.41, 5.74) is 0. The standard InChI is InChI=1S/C10H12N4O3S/c1-14-9(12-13-10(14)18(11,15)16)7-17-8-5-3-2-4-6-8/h2-6H,7H2,1H3,(H2,11,15,16). The highest BCUT2D eigenvalue weighted by Crippen LogP contribution is 2.11. The van der Waals surface area contributed by atoms with Gasteiger partial charge in [-0.15, -0.1) is 10.2 Å². The van der Waals surface area contributed by atoms with Gasteiger partial charge < -0.3 is 9.30 Å². The number of nitrogens with two attached hydrogens (primary N) is 1. The van der Waals surface area contributed by atoms with Gasteiger partial charge in [0.1, 0.15) is 12.4 Å². The minimum atomic E-state index is -3.86. The molecule has 1 aromatic carbocycles. The van der Waals surface area contributed by atoms with Crippen molar-refractivity contribution in [2.24, 2.45) is 12.2 Å². The quantitative estimate of drug-likeness (QED) is 0.844. The van der Waals surface area contributed by atoms with Crippen LogP contribution in [0.1, 0.15) is 5.82 Å². The zero-order chi connectivity index (χ0) is 13.2. The number of aromatic nitrogens is 3. The van der Waals surface area contributed by atoms with Crippen LogP contribution in [-0.2, 0) is 23.7 Å². The number of hydrogen-bond donors (Lipinski definition) is 1. The highest BCUT2D eigenvalue weighted by atomic mass is 32.2. The lowest BCUT2D eigenvalue weighted by Gasteiger charge is -2.05. The molecule has 1 aromatic heterocycles. The minimum absolute atomic E-state index is 0.114. The summed E-state index contributed by atoms with van der Waals surface area (Å²) in [5.74, 6) is 1.04. The molecule has 0 unspecified atom stereocenters. The predicted molar refractivity (Wildman–Crippen MR) is 63.2 cm³/mol. The summed E-state index contributed by atoms with van der Waals surface area (Å²) >= 11 is 0. The second kappa shape index (κ2) is 4.75. The van der Waals surface area contributed by atoms with Crippen LogP contribution in [0.25, 0.3) is 0 Å². The summed E-state index contributed by atoms with van der Waals surface area (Å²) in [6.07, 6.45) is 0. The van der Waals surface area contributed by atoms with Crippen LogP contribution in [0.5, 0.6) is 5.75 Å². The van der Waals surface area contributed by atoms with Crippen molar-refractivity contribution in [3.8, 4) is 5.75 Å². The van der Waals surface area contributed by atoms with Crippen LogP contribution in [0.15, 0.2) is 35.5 Å². The second-order valence-corrected chi connectivity index (χ2v) is 5.06. The molecule has 2 rings (SSSR count). The molecule has 2 N–H and O–H groups in total. The molecule has 0 spiro atoms.